The molecule has 2 aromatic heterocycles. The third kappa shape index (κ3) is 3.65. The Bertz CT molecular complexity index is 910. The van der Waals surface area contributed by atoms with Crippen LogP contribution in [0.3, 0.4) is 0 Å². The first-order valence-electron chi connectivity index (χ1n) is 7.25. The van der Waals surface area contributed by atoms with E-state index in [1.165, 1.54) is 16.5 Å². The first kappa shape index (κ1) is 15.8. The van der Waals surface area contributed by atoms with E-state index < -0.39 is 0 Å². The lowest BCUT2D eigenvalue weighted by atomic mass is 10.2. The van der Waals surface area contributed by atoms with Gasteiger partial charge in [0, 0.05) is 22.3 Å². The first-order valence-corrected chi connectivity index (χ1v) is 8.05. The summed E-state index contributed by atoms with van der Waals surface area (Å²) in [5.41, 5.74) is 1.84. The van der Waals surface area contributed by atoms with Gasteiger partial charge in [-0.3, -0.25) is 9.20 Å². The van der Waals surface area contributed by atoms with Crippen molar-refractivity contribution in [3.05, 3.63) is 80.6 Å². The lowest BCUT2D eigenvalue weighted by Gasteiger charge is -2.14. The highest BCUT2D eigenvalue weighted by atomic mass is 79.9. The standard InChI is InChI=1S/C17H15BrFN3O/c1-21(9-12-4-2-3-5-15(12)19)11-14-8-17(23)22-10-13(18)6-7-16(22)20-14/h2-8,10H,9,11H2,1H3/p+1. The van der Waals surface area contributed by atoms with Gasteiger partial charge in [0.2, 0.25) is 0 Å². The molecule has 3 rings (SSSR count). The Morgan fingerprint density at radius 3 is 2.78 bits per heavy atom. The number of aromatic nitrogens is 2. The van der Waals surface area contributed by atoms with Crippen LogP contribution in [0.25, 0.3) is 5.65 Å². The molecule has 0 aliphatic carbocycles. The van der Waals surface area contributed by atoms with Gasteiger partial charge in [0.1, 0.15) is 30.2 Å². The summed E-state index contributed by atoms with van der Waals surface area (Å²) in [4.78, 5) is 17.7. The normalized spacial score (nSPS) is 12.5. The lowest BCUT2D eigenvalue weighted by molar-refractivity contribution is -0.908. The zero-order chi connectivity index (χ0) is 16.4. The SMILES string of the molecule is C[NH+](Cc1cc(=O)n2cc(Br)ccc2n1)Cc1ccccc1F. The van der Waals surface area contributed by atoms with Gasteiger partial charge in [-0.25, -0.2) is 9.37 Å². The summed E-state index contributed by atoms with van der Waals surface area (Å²) in [7, 11) is 1.96. The van der Waals surface area contributed by atoms with E-state index in [-0.39, 0.29) is 11.4 Å². The van der Waals surface area contributed by atoms with E-state index in [4.69, 9.17) is 0 Å². The minimum absolute atomic E-state index is 0.120. The van der Waals surface area contributed by atoms with E-state index in [1.54, 1.807) is 24.4 Å². The number of quaternary nitrogens is 1. The van der Waals surface area contributed by atoms with Crippen LogP contribution < -0.4 is 10.5 Å². The molecule has 2 heterocycles. The minimum Gasteiger partial charge on any atom is -0.329 e. The molecule has 0 saturated heterocycles. The Labute approximate surface area is 141 Å². The van der Waals surface area contributed by atoms with Crippen LogP contribution in [0.15, 0.2) is 57.9 Å². The van der Waals surface area contributed by atoms with Crippen molar-refractivity contribution >= 4 is 21.6 Å². The molecule has 0 aliphatic rings. The maximum atomic E-state index is 13.7. The van der Waals surface area contributed by atoms with E-state index in [0.29, 0.717) is 30.0 Å². The predicted octanol–water partition coefficient (Wildman–Crippen LogP) is 1.81. The van der Waals surface area contributed by atoms with Gasteiger partial charge in [0.25, 0.3) is 5.56 Å². The van der Waals surface area contributed by atoms with Gasteiger partial charge in [-0.05, 0) is 34.1 Å². The van der Waals surface area contributed by atoms with Crippen molar-refractivity contribution in [2.24, 2.45) is 0 Å². The third-order valence-electron chi connectivity index (χ3n) is 3.61. The molecule has 1 aromatic carbocycles. The van der Waals surface area contributed by atoms with Crippen LogP contribution >= 0.6 is 15.9 Å². The summed E-state index contributed by atoms with van der Waals surface area (Å²) in [6.07, 6.45) is 1.70. The molecule has 1 N–H and O–H groups in total. The van der Waals surface area contributed by atoms with Gasteiger partial charge >= 0.3 is 0 Å². The molecule has 0 spiro atoms. The van der Waals surface area contributed by atoms with Crippen molar-refractivity contribution in [2.45, 2.75) is 13.1 Å². The van der Waals surface area contributed by atoms with Gasteiger partial charge in [0.15, 0.2) is 0 Å². The van der Waals surface area contributed by atoms with Crippen molar-refractivity contribution in [3.8, 4) is 0 Å². The maximum absolute atomic E-state index is 13.7. The second-order valence-electron chi connectivity index (χ2n) is 5.56. The first-order chi connectivity index (χ1) is 11.0. The number of pyridine rings is 1. The van der Waals surface area contributed by atoms with Crippen LogP contribution in [-0.4, -0.2) is 16.4 Å². The topological polar surface area (TPSA) is 38.8 Å². The molecule has 0 radical (unpaired) electrons. The number of rotatable bonds is 4. The van der Waals surface area contributed by atoms with Crippen molar-refractivity contribution in [2.75, 3.05) is 7.05 Å². The Morgan fingerprint density at radius 1 is 1.22 bits per heavy atom. The number of hydrogen-bond donors (Lipinski definition) is 1. The number of nitrogens with one attached hydrogen (secondary N) is 1. The number of benzene rings is 1. The number of halogens is 2. The monoisotopic (exact) mass is 376 g/mol. The summed E-state index contributed by atoms with van der Waals surface area (Å²) < 4.78 is 16.0. The fourth-order valence-electron chi connectivity index (χ4n) is 2.56. The van der Waals surface area contributed by atoms with Crippen LogP contribution in [-0.2, 0) is 13.1 Å². The highest BCUT2D eigenvalue weighted by molar-refractivity contribution is 9.10. The number of hydrogen-bond acceptors (Lipinski definition) is 2. The molecule has 3 aromatic rings. The Kier molecular flexibility index (Phi) is 4.54. The van der Waals surface area contributed by atoms with E-state index >= 15 is 0 Å². The highest BCUT2D eigenvalue weighted by Gasteiger charge is 2.11. The van der Waals surface area contributed by atoms with Crippen LogP contribution in [0.5, 0.6) is 0 Å². The molecule has 23 heavy (non-hydrogen) atoms. The van der Waals surface area contributed by atoms with Gasteiger partial charge in [-0.1, -0.05) is 18.2 Å². The third-order valence-corrected chi connectivity index (χ3v) is 4.08. The summed E-state index contributed by atoms with van der Waals surface area (Å²) in [6, 6.07) is 11.9. The molecule has 0 bridgehead atoms. The average Bonchev–Trinajstić information content (AvgIpc) is 2.50. The second kappa shape index (κ2) is 6.60. The Morgan fingerprint density at radius 2 is 2.00 bits per heavy atom. The highest BCUT2D eigenvalue weighted by Crippen LogP contribution is 2.09. The number of nitrogens with zero attached hydrogens (tertiary/aromatic N) is 2. The van der Waals surface area contributed by atoms with E-state index in [0.717, 1.165) is 9.37 Å². The van der Waals surface area contributed by atoms with Gasteiger partial charge in [-0.15, -0.1) is 0 Å². The zero-order valence-corrected chi connectivity index (χ0v) is 14.2. The molecule has 0 saturated carbocycles. The van der Waals surface area contributed by atoms with Crippen LogP contribution in [0.2, 0.25) is 0 Å². The van der Waals surface area contributed by atoms with Crippen LogP contribution in [0.1, 0.15) is 11.3 Å². The van der Waals surface area contributed by atoms with Crippen molar-refractivity contribution < 1.29 is 9.29 Å². The minimum atomic E-state index is -0.205. The maximum Gasteiger partial charge on any atom is 0.258 e. The zero-order valence-electron chi connectivity index (χ0n) is 12.6. The average molecular weight is 377 g/mol. The molecular weight excluding hydrogens is 361 g/mol. The predicted molar refractivity (Wildman–Crippen MR) is 89.9 cm³/mol. The lowest BCUT2D eigenvalue weighted by Crippen LogP contribution is -3.06. The van der Waals surface area contributed by atoms with Crippen LogP contribution in [0.4, 0.5) is 4.39 Å². The number of fused-ring (bicyclic) bond motifs is 1. The fourth-order valence-corrected chi connectivity index (χ4v) is 2.89. The summed E-state index contributed by atoms with van der Waals surface area (Å²) in [5, 5.41) is 0. The summed E-state index contributed by atoms with van der Waals surface area (Å²) in [5.74, 6) is -0.205. The van der Waals surface area contributed by atoms with E-state index in [2.05, 4.69) is 20.9 Å². The summed E-state index contributed by atoms with van der Waals surface area (Å²) in [6.45, 7) is 1.09. The smallest absolute Gasteiger partial charge is 0.258 e. The fraction of sp³-hybridized carbons (Fsp3) is 0.176. The van der Waals surface area contributed by atoms with Crippen molar-refractivity contribution in [1.82, 2.24) is 9.38 Å². The molecule has 6 heteroatoms. The van der Waals surface area contributed by atoms with E-state index in [1.807, 2.05) is 19.2 Å². The molecule has 0 amide bonds. The van der Waals surface area contributed by atoms with Gasteiger partial charge in [-0.2, -0.15) is 0 Å². The summed E-state index contributed by atoms with van der Waals surface area (Å²) >= 11 is 3.34. The molecule has 0 fully saturated rings. The molecule has 4 nitrogen and oxygen atoms in total. The molecule has 1 unspecified atom stereocenters. The molecular formula is C17H16BrFN3O+. The molecule has 0 aliphatic heterocycles. The quantitative estimate of drug-likeness (QED) is 0.754. The second-order valence-corrected chi connectivity index (χ2v) is 6.48. The van der Waals surface area contributed by atoms with Gasteiger partial charge in [0.05, 0.1) is 7.05 Å². The van der Waals surface area contributed by atoms with Crippen molar-refractivity contribution in [1.29, 1.82) is 0 Å². The van der Waals surface area contributed by atoms with E-state index in [9.17, 15) is 9.18 Å². The van der Waals surface area contributed by atoms with Crippen LogP contribution in [0, 0.1) is 5.82 Å². The molecule has 1 atom stereocenters. The Balaban J connectivity index is 1.82. The van der Waals surface area contributed by atoms with Gasteiger partial charge < -0.3 is 4.90 Å². The molecule has 118 valence electrons. The Hall–Kier alpha value is -2.05. The largest absolute Gasteiger partial charge is 0.329 e. The van der Waals surface area contributed by atoms with Crippen molar-refractivity contribution in [3.63, 3.8) is 0 Å².